The highest BCUT2D eigenvalue weighted by atomic mass is 35.5. The Balaban J connectivity index is 1.75. The summed E-state index contributed by atoms with van der Waals surface area (Å²) in [5.41, 5.74) is 0.446. The van der Waals surface area contributed by atoms with E-state index in [1.807, 2.05) is 6.92 Å². The van der Waals surface area contributed by atoms with Gasteiger partial charge in [-0.2, -0.15) is 10.1 Å². The van der Waals surface area contributed by atoms with Gasteiger partial charge in [-0.15, -0.1) is 0 Å². The first-order valence-corrected chi connectivity index (χ1v) is 7.79. The molecule has 1 aromatic heterocycles. The van der Waals surface area contributed by atoms with Crippen molar-refractivity contribution in [3.05, 3.63) is 29.0 Å². The van der Waals surface area contributed by atoms with Crippen molar-refractivity contribution in [3.8, 4) is 5.75 Å². The maximum absolute atomic E-state index is 12.3. The van der Waals surface area contributed by atoms with E-state index in [4.69, 9.17) is 16.3 Å². The number of aryl methyl sites for hydroxylation is 1. The minimum atomic E-state index is -0.724. The number of hydrogen-bond acceptors (Lipinski definition) is 5. The summed E-state index contributed by atoms with van der Waals surface area (Å²) in [7, 11) is 1.50. The Hall–Kier alpha value is -2.61. The Morgan fingerprint density at radius 2 is 2.29 bits per heavy atom. The fourth-order valence-electron chi connectivity index (χ4n) is 2.46. The standard InChI is InChI=1S/C15H16ClN5O3/c1-3-12-18-15-19-14(23)10(21(15)20-12)7-13(22)17-9-6-8(16)4-5-11(9)24-2/h4-6,10H,3,7H2,1-2H3,(H,17,22)(H,18,19,20,23)/t10-/m1/s1. The predicted octanol–water partition coefficient (Wildman–Crippen LogP) is 2.02. The van der Waals surface area contributed by atoms with Crippen molar-refractivity contribution in [1.82, 2.24) is 14.8 Å². The van der Waals surface area contributed by atoms with E-state index >= 15 is 0 Å². The molecule has 1 aliphatic rings. The lowest BCUT2D eigenvalue weighted by Gasteiger charge is -2.12. The van der Waals surface area contributed by atoms with Gasteiger partial charge >= 0.3 is 0 Å². The molecule has 2 heterocycles. The number of carbonyl (C=O) groups excluding carboxylic acids is 2. The summed E-state index contributed by atoms with van der Waals surface area (Å²) in [6.07, 6.45) is 0.579. The lowest BCUT2D eigenvalue weighted by atomic mass is 10.2. The highest BCUT2D eigenvalue weighted by Gasteiger charge is 2.34. The Morgan fingerprint density at radius 1 is 1.50 bits per heavy atom. The molecule has 1 aliphatic heterocycles. The van der Waals surface area contributed by atoms with E-state index in [0.717, 1.165) is 0 Å². The molecule has 0 fully saturated rings. The van der Waals surface area contributed by atoms with Crippen molar-refractivity contribution >= 4 is 35.1 Å². The van der Waals surface area contributed by atoms with Crippen LogP contribution in [0.5, 0.6) is 5.75 Å². The van der Waals surface area contributed by atoms with Crippen LogP contribution in [0.1, 0.15) is 25.2 Å². The van der Waals surface area contributed by atoms with E-state index < -0.39 is 6.04 Å². The van der Waals surface area contributed by atoms with Crippen LogP contribution < -0.4 is 15.4 Å². The summed E-state index contributed by atoms with van der Waals surface area (Å²) in [5.74, 6) is 0.818. The van der Waals surface area contributed by atoms with Crippen molar-refractivity contribution in [1.29, 1.82) is 0 Å². The molecular weight excluding hydrogens is 334 g/mol. The first-order valence-electron chi connectivity index (χ1n) is 7.41. The molecule has 0 radical (unpaired) electrons. The molecule has 0 spiro atoms. The molecule has 1 aromatic carbocycles. The minimum Gasteiger partial charge on any atom is -0.495 e. The Kier molecular flexibility index (Phi) is 4.39. The molecule has 9 heteroatoms. The zero-order chi connectivity index (χ0) is 17.3. The average Bonchev–Trinajstić information content (AvgIpc) is 3.06. The zero-order valence-corrected chi connectivity index (χ0v) is 13.9. The van der Waals surface area contributed by atoms with Crippen LogP contribution in [0.2, 0.25) is 5.02 Å². The van der Waals surface area contributed by atoms with E-state index in [9.17, 15) is 9.59 Å². The summed E-state index contributed by atoms with van der Waals surface area (Å²) < 4.78 is 6.64. The van der Waals surface area contributed by atoms with Gasteiger partial charge in [-0.1, -0.05) is 18.5 Å². The number of benzene rings is 1. The summed E-state index contributed by atoms with van der Waals surface area (Å²) in [6, 6.07) is 4.18. The molecule has 2 aromatic rings. The van der Waals surface area contributed by atoms with Gasteiger partial charge in [0.2, 0.25) is 11.9 Å². The molecule has 2 N–H and O–H groups in total. The van der Waals surface area contributed by atoms with E-state index in [-0.39, 0.29) is 18.2 Å². The van der Waals surface area contributed by atoms with Gasteiger partial charge in [0, 0.05) is 11.4 Å². The molecule has 1 atom stereocenters. The number of carbonyl (C=O) groups is 2. The highest BCUT2D eigenvalue weighted by Crippen LogP contribution is 2.29. The fourth-order valence-corrected chi connectivity index (χ4v) is 2.63. The van der Waals surface area contributed by atoms with Gasteiger partial charge in [-0.3, -0.25) is 14.9 Å². The normalized spacial score (nSPS) is 15.8. The van der Waals surface area contributed by atoms with Gasteiger partial charge in [0.15, 0.2) is 5.82 Å². The van der Waals surface area contributed by atoms with E-state index in [2.05, 4.69) is 20.7 Å². The topological polar surface area (TPSA) is 98.1 Å². The number of nitrogens with zero attached hydrogens (tertiary/aromatic N) is 3. The monoisotopic (exact) mass is 349 g/mol. The van der Waals surface area contributed by atoms with Crippen LogP contribution >= 0.6 is 11.6 Å². The number of anilines is 2. The average molecular weight is 350 g/mol. The van der Waals surface area contributed by atoms with Gasteiger partial charge in [0.05, 0.1) is 19.2 Å². The molecule has 126 valence electrons. The second-order valence-corrected chi connectivity index (χ2v) is 5.69. The van der Waals surface area contributed by atoms with Crippen LogP contribution in [0.25, 0.3) is 0 Å². The van der Waals surface area contributed by atoms with Gasteiger partial charge in [-0.25, -0.2) is 4.68 Å². The molecule has 24 heavy (non-hydrogen) atoms. The van der Waals surface area contributed by atoms with Crippen LogP contribution in [0.4, 0.5) is 11.6 Å². The summed E-state index contributed by atoms with van der Waals surface area (Å²) in [6.45, 7) is 1.92. The number of rotatable bonds is 5. The van der Waals surface area contributed by atoms with Crippen molar-refractivity contribution < 1.29 is 14.3 Å². The van der Waals surface area contributed by atoms with Gasteiger partial charge in [0.25, 0.3) is 5.91 Å². The van der Waals surface area contributed by atoms with E-state index in [1.54, 1.807) is 18.2 Å². The van der Waals surface area contributed by atoms with Crippen molar-refractivity contribution in [2.75, 3.05) is 17.7 Å². The summed E-state index contributed by atoms with van der Waals surface area (Å²) >= 11 is 5.94. The number of methoxy groups -OCH3 is 1. The Bertz CT molecular complexity index is 804. The van der Waals surface area contributed by atoms with E-state index in [1.165, 1.54) is 11.8 Å². The molecule has 0 bridgehead atoms. The SMILES string of the molecule is CCc1nc2n(n1)[C@H](CC(=O)Nc1cc(Cl)ccc1OC)C(=O)N2. The second-order valence-electron chi connectivity index (χ2n) is 5.25. The molecule has 0 aliphatic carbocycles. The van der Waals surface area contributed by atoms with E-state index in [0.29, 0.717) is 34.7 Å². The second kappa shape index (κ2) is 6.48. The molecule has 0 saturated heterocycles. The smallest absolute Gasteiger partial charge is 0.252 e. The highest BCUT2D eigenvalue weighted by molar-refractivity contribution is 6.31. The zero-order valence-electron chi connectivity index (χ0n) is 13.2. The maximum Gasteiger partial charge on any atom is 0.252 e. The number of halogens is 1. The number of fused-ring (bicyclic) bond motifs is 1. The van der Waals surface area contributed by atoms with Crippen LogP contribution in [0.15, 0.2) is 18.2 Å². The molecule has 0 unspecified atom stereocenters. The van der Waals surface area contributed by atoms with Crippen molar-refractivity contribution in [2.45, 2.75) is 25.8 Å². The lowest BCUT2D eigenvalue weighted by molar-refractivity contribution is -0.123. The van der Waals surface area contributed by atoms with Crippen LogP contribution in [0.3, 0.4) is 0 Å². The number of amides is 2. The van der Waals surface area contributed by atoms with Crippen LogP contribution in [-0.4, -0.2) is 33.7 Å². The lowest BCUT2D eigenvalue weighted by Crippen LogP contribution is -2.24. The molecule has 8 nitrogen and oxygen atoms in total. The predicted molar refractivity (Wildman–Crippen MR) is 88.3 cm³/mol. The first-order chi connectivity index (χ1) is 11.5. The molecule has 3 rings (SSSR count). The van der Waals surface area contributed by atoms with Gasteiger partial charge < -0.3 is 10.1 Å². The molecule has 0 saturated carbocycles. The molecule has 2 amide bonds. The Labute approximate surface area is 143 Å². The van der Waals surface area contributed by atoms with Crippen molar-refractivity contribution in [2.24, 2.45) is 0 Å². The van der Waals surface area contributed by atoms with Crippen LogP contribution in [-0.2, 0) is 16.0 Å². The molecular formula is C15H16ClN5O3. The number of aromatic nitrogens is 3. The maximum atomic E-state index is 12.3. The summed E-state index contributed by atoms with van der Waals surface area (Å²) in [4.78, 5) is 28.5. The van der Waals surface area contributed by atoms with Gasteiger partial charge in [0.1, 0.15) is 11.8 Å². The minimum absolute atomic E-state index is 0.0684. The van der Waals surface area contributed by atoms with Crippen molar-refractivity contribution in [3.63, 3.8) is 0 Å². The largest absolute Gasteiger partial charge is 0.495 e. The van der Waals surface area contributed by atoms with Crippen LogP contribution in [0, 0.1) is 0 Å². The third kappa shape index (κ3) is 3.05. The summed E-state index contributed by atoms with van der Waals surface area (Å²) in [5, 5.41) is 10.1. The van der Waals surface area contributed by atoms with Gasteiger partial charge in [-0.05, 0) is 18.2 Å². The number of hydrogen-bond donors (Lipinski definition) is 2. The fraction of sp³-hybridized carbons (Fsp3) is 0.333. The number of nitrogens with one attached hydrogen (secondary N) is 2. The first kappa shape index (κ1) is 16.3. The quantitative estimate of drug-likeness (QED) is 0.860. The third-order valence-electron chi connectivity index (χ3n) is 3.64. The number of ether oxygens (including phenoxy) is 1. The third-order valence-corrected chi connectivity index (χ3v) is 3.87. The Morgan fingerprint density at radius 3 is 3.00 bits per heavy atom.